The molecule has 1 fully saturated rings. The van der Waals surface area contributed by atoms with Gasteiger partial charge in [-0.1, -0.05) is 18.2 Å². The Kier molecular flexibility index (Phi) is 2.67. The van der Waals surface area contributed by atoms with Gasteiger partial charge in [-0.2, -0.15) is 0 Å². The van der Waals surface area contributed by atoms with E-state index in [1.165, 1.54) is 0 Å². The zero-order chi connectivity index (χ0) is 13.6. The zero-order valence-electron chi connectivity index (χ0n) is 10.2. The highest BCUT2D eigenvalue weighted by molar-refractivity contribution is 9.10. The number of amides is 1. The van der Waals surface area contributed by atoms with Gasteiger partial charge in [0.25, 0.3) is 0 Å². The van der Waals surface area contributed by atoms with Crippen LogP contribution < -0.4 is 5.32 Å². The summed E-state index contributed by atoms with van der Waals surface area (Å²) in [6.45, 7) is 2.24. The lowest BCUT2D eigenvalue weighted by Gasteiger charge is -2.22. The number of halogens is 1. The van der Waals surface area contributed by atoms with Crippen molar-refractivity contribution in [3.05, 3.63) is 40.4 Å². The highest BCUT2D eigenvalue weighted by Gasteiger charge is 2.36. The summed E-state index contributed by atoms with van der Waals surface area (Å²) in [6, 6.07) is 9.34. The van der Waals surface area contributed by atoms with E-state index in [4.69, 9.17) is 4.74 Å². The molecule has 1 heterocycles. The Labute approximate surface area is 118 Å². The number of rotatable bonds is 1. The Balaban J connectivity index is 2.13. The summed E-state index contributed by atoms with van der Waals surface area (Å²) >= 11 is 3.37. The van der Waals surface area contributed by atoms with Gasteiger partial charge in [0, 0.05) is 0 Å². The molecule has 1 amide bonds. The predicted molar refractivity (Wildman–Crippen MR) is 75.1 cm³/mol. The summed E-state index contributed by atoms with van der Waals surface area (Å²) in [4.78, 5) is 11.2. The minimum absolute atomic E-state index is 0.212. The lowest BCUT2D eigenvalue weighted by atomic mass is 9.91. The van der Waals surface area contributed by atoms with Gasteiger partial charge in [0.2, 0.25) is 0 Å². The van der Waals surface area contributed by atoms with Crippen LogP contribution in [0.4, 0.5) is 4.79 Å². The van der Waals surface area contributed by atoms with Gasteiger partial charge in [-0.05, 0) is 51.3 Å². The van der Waals surface area contributed by atoms with Gasteiger partial charge >= 0.3 is 6.09 Å². The van der Waals surface area contributed by atoms with Crippen LogP contribution in [0, 0.1) is 0 Å². The SMILES string of the molecule is C[C@@]1(c2ccc3c(Br)c(O)ccc3c2)COC(=O)N1. The quantitative estimate of drug-likeness (QED) is 0.847. The van der Waals surface area contributed by atoms with Gasteiger partial charge in [-0.3, -0.25) is 0 Å². The molecule has 2 aromatic carbocycles. The van der Waals surface area contributed by atoms with Gasteiger partial charge in [-0.25, -0.2) is 4.79 Å². The van der Waals surface area contributed by atoms with Crippen molar-refractivity contribution in [2.45, 2.75) is 12.5 Å². The Morgan fingerprint density at radius 3 is 2.84 bits per heavy atom. The number of benzene rings is 2. The summed E-state index contributed by atoms with van der Waals surface area (Å²) in [5.74, 6) is 0.212. The summed E-state index contributed by atoms with van der Waals surface area (Å²) in [7, 11) is 0. The summed E-state index contributed by atoms with van der Waals surface area (Å²) < 4.78 is 5.65. The van der Waals surface area contributed by atoms with E-state index < -0.39 is 11.6 Å². The molecule has 0 saturated carbocycles. The van der Waals surface area contributed by atoms with E-state index in [1.807, 2.05) is 31.2 Å². The third kappa shape index (κ3) is 1.94. The van der Waals surface area contributed by atoms with E-state index in [0.29, 0.717) is 11.1 Å². The van der Waals surface area contributed by atoms with Gasteiger partial charge < -0.3 is 15.2 Å². The summed E-state index contributed by atoms with van der Waals surface area (Å²) in [5, 5.41) is 14.4. The molecule has 19 heavy (non-hydrogen) atoms. The van der Waals surface area contributed by atoms with E-state index in [0.717, 1.165) is 16.3 Å². The number of fused-ring (bicyclic) bond motifs is 1. The fourth-order valence-corrected chi connectivity index (χ4v) is 2.78. The molecular formula is C14H12BrNO3. The van der Waals surface area contributed by atoms with Crippen LogP contribution in [0.1, 0.15) is 12.5 Å². The van der Waals surface area contributed by atoms with Crippen molar-refractivity contribution < 1.29 is 14.6 Å². The largest absolute Gasteiger partial charge is 0.507 e. The molecule has 1 aliphatic rings. The van der Waals surface area contributed by atoms with E-state index in [-0.39, 0.29) is 5.75 Å². The van der Waals surface area contributed by atoms with Gasteiger partial charge in [0.05, 0.1) is 10.0 Å². The number of carbonyl (C=O) groups is 1. The van der Waals surface area contributed by atoms with Crippen LogP contribution in [0.15, 0.2) is 34.8 Å². The van der Waals surface area contributed by atoms with E-state index >= 15 is 0 Å². The molecule has 1 saturated heterocycles. The molecule has 3 rings (SSSR count). The van der Waals surface area contributed by atoms with Crippen molar-refractivity contribution >= 4 is 32.8 Å². The molecule has 4 nitrogen and oxygen atoms in total. The Morgan fingerprint density at radius 2 is 2.16 bits per heavy atom. The summed E-state index contributed by atoms with van der Waals surface area (Å²) in [6.07, 6.45) is -0.394. The van der Waals surface area contributed by atoms with E-state index in [2.05, 4.69) is 21.2 Å². The molecule has 2 aromatic rings. The Hall–Kier alpha value is -1.75. The minimum Gasteiger partial charge on any atom is -0.507 e. The first kappa shape index (κ1) is 12.3. The number of carbonyl (C=O) groups excluding carboxylic acids is 1. The number of aromatic hydroxyl groups is 1. The van der Waals surface area contributed by atoms with Crippen molar-refractivity contribution in [3.63, 3.8) is 0 Å². The fraction of sp³-hybridized carbons (Fsp3) is 0.214. The van der Waals surface area contributed by atoms with Crippen molar-refractivity contribution in [2.75, 3.05) is 6.61 Å². The molecule has 2 N–H and O–H groups in total. The molecule has 5 heteroatoms. The Bertz CT molecular complexity index is 686. The molecule has 1 aliphatic heterocycles. The van der Waals surface area contributed by atoms with Crippen LogP contribution in [0.25, 0.3) is 10.8 Å². The fourth-order valence-electron chi connectivity index (χ4n) is 2.29. The minimum atomic E-state index is -0.504. The number of alkyl carbamates (subject to hydrolysis) is 1. The molecule has 0 spiro atoms. The van der Waals surface area contributed by atoms with Gasteiger partial charge in [0.1, 0.15) is 12.4 Å². The molecule has 0 bridgehead atoms. The number of hydrogen-bond acceptors (Lipinski definition) is 3. The van der Waals surface area contributed by atoms with Crippen LogP contribution in [-0.4, -0.2) is 17.8 Å². The number of hydrogen-bond donors (Lipinski definition) is 2. The first-order valence-corrected chi connectivity index (χ1v) is 6.65. The first-order chi connectivity index (χ1) is 8.99. The van der Waals surface area contributed by atoms with E-state index in [9.17, 15) is 9.90 Å². The van der Waals surface area contributed by atoms with Crippen molar-refractivity contribution in [2.24, 2.45) is 0 Å². The molecule has 0 aliphatic carbocycles. The normalized spacial score (nSPS) is 22.3. The maximum absolute atomic E-state index is 11.2. The van der Waals surface area contributed by atoms with Crippen LogP contribution in [0.3, 0.4) is 0 Å². The number of phenols is 1. The third-order valence-corrected chi connectivity index (χ3v) is 4.27. The second-order valence-electron chi connectivity index (χ2n) is 4.87. The van der Waals surface area contributed by atoms with E-state index in [1.54, 1.807) is 6.07 Å². The van der Waals surface area contributed by atoms with Crippen molar-refractivity contribution in [3.8, 4) is 5.75 Å². The number of cyclic esters (lactones) is 1. The second kappa shape index (κ2) is 4.13. The average molecular weight is 322 g/mol. The number of phenolic OH excluding ortho intramolecular Hbond substituents is 1. The lowest BCUT2D eigenvalue weighted by Crippen LogP contribution is -2.37. The van der Waals surface area contributed by atoms with Crippen molar-refractivity contribution in [1.82, 2.24) is 5.32 Å². The predicted octanol–water partition coefficient (Wildman–Crippen LogP) is 3.26. The topological polar surface area (TPSA) is 58.6 Å². The molecule has 1 atom stereocenters. The Morgan fingerprint density at radius 1 is 1.37 bits per heavy atom. The standard InChI is InChI=1S/C14H12BrNO3/c1-14(7-19-13(18)16-14)9-3-4-10-8(6-9)2-5-11(17)12(10)15/h2-6,17H,7H2,1H3,(H,16,18)/t14-/m0/s1. The van der Waals surface area contributed by atoms with Crippen molar-refractivity contribution in [1.29, 1.82) is 0 Å². The molecular weight excluding hydrogens is 310 g/mol. The maximum atomic E-state index is 11.2. The number of ether oxygens (including phenoxy) is 1. The average Bonchev–Trinajstić information content (AvgIpc) is 2.75. The first-order valence-electron chi connectivity index (χ1n) is 5.86. The van der Waals surface area contributed by atoms with Crippen LogP contribution in [0.2, 0.25) is 0 Å². The zero-order valence-corrected chi connectivity index (χ0v) is 11.8. The monoisotopic (exact) mass is 321 g/mol. The highest BCUT2D eigenvalue weighted by atomic mass is 79.9. The van der Waals surface area contributed by atoms with Gasteiger partial charge in [0.15, 0.2) is 0 Å². The van der Waals surface area contributed by atoms with Crippen LogP contribution in [-0.2, 0) is 10.3 Å². The second-order valence-corrected chi connectivity index (χ2v) is 5.66. The molecule has 0 radical (unpaired) electrons. The smallest absolute Gasteiger partial charge is 0.408 e. The lowest BCUT2D eigenvalue weighted by molar-refractivity contribution is 0.173. The molecule has 0 unspecified atom stereocenters. The third-order valence-electron chi connectivity index (χ3n) is 3.44. The highest BCUT2D eigenvalue weighted by Crippen LogP contribution is 2.35. The molecule has 0 aromatic heterocycles. The maximum Gasteiger partial charge on any atom is 0.408 e. The molecule has 98 valence electrons. The number of nitrogens with one attached hydrogen (secondary N) is 1. The van der Waals surface area contributed by atoms with Gasteiger partial charge in [-0.15, -0.1) is 0 Å². The summed E-state index contributed by atoms with van der Waals surface area (Å²) in [5.41, 5.74) is 0.471. The van der Waals surface area contributed by atoms with Crippen LogP contribution in [0.5, 0.6) is 5.75 Å². The van der Waals surface area contributed by atoms with Crippen LogP contribution >= 0.6 is 15.9 Å².